The Bertz CT molecular complexity index is 1070. The third kappa shape index (κ3) is 4.52. The van der Waals surface area contributed by atoms with Gasteiger partial charge in [0, 0.05) is 21.5 Å². The molecule has 2 heterocycles. The molecule has 166 valence electrons. The largest absolute Gasteiger partial charge is 0.351 e. The van der Waals surface area contributed by atoms with Gasteiger partial charge in [0.25, 0.3) is 0 Å². The number of rotatable bonds is 7. The molecule has 2 aromatic heterocycles. The van der Waals surface area contributed by atoms with Crippen molar-refractivity contribution in [3.8, 4) is 0 Å². The highest BCUT2D eigenvalue weighted by atomic mass is 32.1. The van der Waals surface area contributed by atoms with Crippen molar-refractivity contribution in [3.05, 3.63) is 74.1 Å². The van der Waals surface area contributed by atoms with Crippen LogP contribution in [-0.2, 0) is 28.9 Å². The van der Waals surface area contributed by atoms with Crippen molar-refractivity contribution in [2.45, 2.75) is 63.5 Å². The van der Waals surface area contributed by atoms with Gasteiger partial charge in [0.1, 0.15) is 6.04 Å². The number of carbonyl (C=O) groups is 2. The van der Waals surface area contributed by atoms with Crippen LogP contribution in [0.5, 0.6) is 0 Å². The van der Waals surface area contributed by atoms with Gasteiger partial charge in [-0.3, -0.25) is 14.5 Å². The fourth-order valence-corrected chi connectivity index (χ4v) is 6.47. The standard InChI is InChI=1S/C26H28N2O2S2/c29-24(17-22-10-4-14-31-22)28(21-13-12-18-6-3-7-19(18)16-21)25(23-11-5-15-32-23)26(30)27-20-8-1-2-9-20/h4-5,10-16,20,25H,1-3,6-9,17H2,(H,27,30)/t25-/m0/s1. The van der Waals surface area contributed by atoms with Gasteiger partial charge in [-0.1, -0.05) is 31.0 Å². The third-order valence-corrected chi connectivity index (χ3v) is 8.36. The van der Waals surface area contributed by atoms with E-state index in [0.29, 0.717) is 6.42 Å². The lowest BCUT2D eigenvalue weighted by Crippen LogP contribution is -2.46. The number of carbonyl (C=O) groups excluding carboxylic acids is 2. The minimum atomic E-state index is -0.650. The van der Waals surface area contributed by atoms with Crippen molar-refractivity contribution in [3.63, 3.8) is 0 Å². The molecule has 6 heteroatoms. The van der Waals surface area contributed by atoms with Gasteiger partial charge in [0.15, 0.2) is 0 Å². The Hall–Kier alpha value is -2.44. The Balaban J connectivity index is 1.53. The molecule has 4 nitrogen and oxygen atoms in total. The zero-order valence-electron chi connectivity index (χ0n) is 18.1. The molecule has 0 spiro atoms. The summed E-state index contributed by atoms with van der Waals surface area (Å²) in [4.78, 5) is 31.1. The third-order valence-electron chi connectivity index (χ3n) is 6.56. The number of benzene rings is 1. The quantitative estimate of drug-likeness (QED) is 0.489. The second-order valence-electron chi connectivity index (χ2n) is 8.73. The van der Waals surface area contributed by atoms with E-state index in [9.17, 15) is 9.59 Å². The molecule has 1 N–H and O–H groups in total. The molecule has 1 aromatic carbocycles. The SMILES string of the molecule is O=C(NC1CCCC1)[C@H](c1cccs1)N(C(=O)Cc1cccs1)c1ccc2c(c1)CCC2. The monoisotopic (exact) mass is 464 g/mol. The van der Waals surface area contributed by atoms with Crippen LogP contribution in [0.3, 0.4) is 0 Å². The lowest BCUT2D eigenvalue weighted by atomic mass is 10.1. The van der Waals surface area contributed by atoms with Gasteiger partial charge in [-0.05, 0) is 78.3 Å². The second-order valence-corrected chi connectivity index (χ2v) is 10.7. The van der Waals surface area contributed by atoms with E-state index in [1.54, 1.807) is 16.2 Å². The number of hydrogen-bond acceptors (Lipinski definition) is 4. The molecule has 0 bridgehead atoms. The molecule has 1 saturated carbocycles. The first kappa shape index (κ1) is 21.4. The van der Waals surface area contributed by atoms with Gasteiger partial charge in [-0.2, -0.15) is 0 Å². The molecule has 0 aliphatic heterocycles. The lowest BCUT2D eigenvalue weighted by molar-refractivity contribution is -0.126. The average molecular weight is 465 g/mol. The van der Waals surface area contributed by atoms with Crippen LogP contribution < -0.4 is 10.2 Å². The molecule has 5 rings (SSSR count). The van der Waals surface area contributed by atoms with Crippen LogP contribution in [-0.4, -0.2) is 17.9 Å². The normalized spacial score (nSPS) is 16.6. The maximum atomic E-state index is 13.7. The topological polar surface area (TPSA) is 49.4 Å². The smallest absolute Gasteiger partial charge is 0.248 e. The Kier molecular flexibility index (Phi) is 6.42. The summed E-state index contributed by atoms with van der Waals surface area (Å²) in [6.07, 6.45) is 7.92. The van der Waals surface area contributed by atoms with E-state index >= 15 is 0 Å². The zero-order chi connectivity index (χ0) is 21.9. The summed E-state index contributed by atoms with van der Waals surface area (Å²) >= 11 is 3.12. The van der Waals surface area contributed by atoms with E-state index in [1.807, 2.05) is 41.1 Å². The number of hydrogen-bond donors (Lipinski definition) is 1. The first-order valence-corrected chi connectivity index (χ1v) is 13.2. The maximum absolute atomic E-state index is 13.7. The minimum Gasteiger partial charge on any atom is -0.351 e. The number of fused-ring (bicyclic) bond motifs is 1. The Morgan fingerprint density at radius 3 is 2.50 bits per heavy atom. The number of amides is 2. The molecule has 1 atom stereocenters. The summed E-state index contributed by atoms with van der Waals surface area (Å²) in [5.74, 6) is -0.107. The molecule has 1 fully saturated rings. The molecule has 2 amide bonds. The predicted molar refractivity (Wildman–Crippen MR) is 131 cm³/mol. The minimum absolute atomic E-state index is 0.0367. The number of nitrogens with one attached hydrogen (secondary N) is 1. The highest BCUT2D eigenvalue weighted by molar-refractivity contribution is 7.10. The number of thiophene rings is 2. The van der Waals surface area contributed by atoms with Crippen molar-refractivity contribution < 1.29 is 9.59 Å². The Labute approximate surface area is 197 Å². The molecule has 0 unspecified atom stereocenters. The molecule has 2 aliphatic carbocycles. The van der Waals surface area contributed by atoms with Crippen molar-refractivity contribution in [1.29, 1.82) is 0 Å². The van der Waals surface area contributed by atoms with Gasteiger partial charge in [0.05, 0.1) is 6.42 Å². The van der Waals surface area contributed by atoms with Gasteiger partial charge in [-0.15, -0.1) is 22.7 Å². The van der Waals surface area contributed by atoms with Gasteiger partial charge in [0.2, 0.25) is 11.8 Å². The van der Waals surface area contributed by atoms with Crippen LogP contribution in [0.4, 0.5) is 5.69 Å². The lowest BCUT2D eigenvalue weighted by Gasteiger charge is -2.32. The van der Waals surface area contributed by atoms with Crippen LogP contribution in [0.15, 0.2) is 53.2 Å². The van der Waals surface area contributed by atoms with Crippen LogP contribution in [0, 0.1) is 0 Å². The number of nitrogens with zero attached hydrogens (tertiary/aromatic N) is 1. The van der Waals surface area contributed by atoms with Crippen LogP contribution in [0.2, 0.25) is 0 Å². The van der Waals surface area contributed by atoms with Crippen LogP contribution in [0.1, 0.15) is 59.0 Å². The van der Waals surface area contributed by atoms with Crippen LogP contribution in [0.25, 0.3) is 0 Å². The van der Waals surface area contributed by atoms with E-state index in [1.165, 1.54) is 22.5 Å². The molecule has 32 heavy (non-hydrogen) atoms. The predicted octanol–water partition coefficient (Wildman–Crippen LogP) is 5.67. The number of aryl methyl sites for hydroxylation is 2. The van der Waals surface area contributed by atoms with Gasteiger partial charge < -0.3 is 5.32 Å². The van der Waals surface area contributed by atoms with Crippen molar-refractivity contribution in [2.75, 3.05) is 4.90 Å². The van der Waals surface area contributed by atoms with E-state index < -0.39 is 6.04 Å². The highest BCUT2D eigenvalue weighted by Crippen LogP contribution is 2.35. The van der Waals surface area contributed by atoms with Crippen molar-refractivity contribution in [1.82, 2.24) is 5.32 Å². The Morgan fingerprint density at radius 2 is 1.75 bits per heavy atom. The van der Waals surface area contributed by atoms with E-state index in [0.717, 1.165) is 60.4 Å². The fourth-order valence-electron chi connectivity index (χ4n) is 4.96. The first-order valence-electron chi connectivity index (χ1n) is 11.5. The molecule has 0 radical (unpaired) electrons. The maximum Gasteiger partial charge on any atom is 0.248 e. The summed E-state index contributed by atoms with van der Waals surface area (Å²) < 4.78 is 0. The molecular formula is C26H28N2O2S2. The summed E-state index contributed by atoms with van der Waals surface area (Å²) in [6, 6.07) is 13.8. The van der Waals surface area contributed by atoms with Crippen LogP contribution >= 0.6 is 22.7 Å². The van der Waals surface area contributed by atoms with E-state index in [4.69, 9.17) is 0 Å². The molecule has 2 aliphatic rings. The Morgan fingerprint density at radius 1 is 0.969 bits per heavy atom. The molecule has 3 aromatic rings. The fraction of sp³-hybridized carbons (Fsp3) is 0.385. The molecule has 0 saturated heterocycles. The van der Waals surface area contributed by atoms with Crippen molar-refractivity contribution >= 4 is 40.2 Å². The average Bonchev–Trinajstić information content (AvgIpc) is 3.59. The summed E-state index contributed by atoms with van der Waals surface area (Å²) in [7, 11) is 0. The van der Waals surface area contributed by atoms with Gasteiger partial charge >= 0.3 is 0 Å². The van der Waals surface area contributed by atoms with Crippen molar-refractivity contribution in [2.24, 2.45) is 0 Å². The molecular weight excluding hydrogens is 436 g/mol. The first-order chi connectivity index (χ1) is 15.7. The summed E-state index contributed by atoms with van der Waals surface area (Å²) in [5.41, 5.74) is 3.49. The zero-order valence-corrected chi connectivity index (χ0v) is 19.7. The number of anilines is 1. The van der Waals surface area contributed by atoms with E-state index in [2.05, 4.69) is 17.4 Å². The highest BCUT2D eigenvalue weighted by Gasteiger charge is 2.35. The second kappa shape index (κ2) is 9.59. The summed E-state index contributed by atoms with van der Waals surface area (Å²) in [5, 5.41) is 7.23. The van der Waals surface area contributed by atoms with E-state index in [-0.39, 0.29) is 17.9 Å². The van der Waals surface area contributed by atoms with Gasteiger partial charge in [-0.25, -0.2) is 0 Å². The summed E-state index contributed by atoms with van der Waals surface area (Å²) in [6.45, 7) is 0.